The van der Waals surface area contributed by atoms with E-state index in [2.05, 4.69) is 10.7 Å². The zero-order valence-corrected chi connectivity index (χ0v) is 11.1. The lowest BCUT2D eigenvalue weighted by Crippen LogP contribution is -2.44. The van der Waals surface area contributed by atoms with E-state index in [0.29, 0.717) is 4.99 Å². The maximum Gasteiger partial charge on any atom is 0.247 e. The number of carbonyl (C=O) groups is 2. The smallest absolute Gasteiger partial charge is 0.247 e. The van der Waals surface area contributed by atoms with E-state index >= 15 is 0 Å². The largest absolute Gasteiger partial charge is 0.359 e. The summed E-state index contributed by atoms with van der Waals surface area (Å²) in [5, 5.41) is 3.81. The quantitative estimate of drug-likeness (QED) is 0.473. The Morgan fingerprint density at radius 3 is 2.39 bits per heavy atom. The van der Waals surface area contributed by atoms with Gasteiger partial charge in [-0.2, -0.15) is 0 Å². The summed E-state index contributed by atoms with van der Waals surface area (Å²) in [4.78, 5) is 23.0. The number of hydrazine groups is 1. The highest BCUT2D eigenvalue weighted by atomic mass is 32.1. The molecule has 1 aromatic carbocycles. The van der Waals surface area contributed by atoms with Gasteiger partial charge in [-0.05, 0) is 0 Å². The van der Waals surface area contributed by atoms with Gasteiger partial charge in [0.2, 0.25) is 11.8 Å². The third-order valence-electron chi connectivity index (χ3n) is 2.22. The van der Waals surface area contributed by atoms with Gasteiger partial charge in [-0.3, -0.25) is 20.0 Å². The lowest BCUT2D eigenvalue weighted by atomic mass is 10.2. The van der Waals surface area contributed by atoms with Crippen molar-refractivity contribution in [2.75, 3.05) is 14.1 Å². The Balaban J connectivity index is 2.55. The number of hydrogen-bond acceptors (Lipinski definition) is 3. The van der Waals surface area contributed by atoms with Crippen molar-refractivity contribution in [3.05, 3.63) is 35.9 Å². The normalized spacial score (nSPS) is 9.44. The molecule has 96 valence electrons. The highest BCUT2D eigenvalue weighted by Gasteiger charge is 2.12. The van der Waals surface area contributed by atoms with Crippen LogP contribution < -0.4 is 10.7 Å². The number of hydrogen-bond donors (Lipinski definition) is 2. The monoisotopic (exact) mass is 265 g/mol. The predicted octanol–water partition coefficient (Wildman–Crippen LogP) is 0.461. The average molecular weight is 265 g/mol. The van der Waals surface area contributed by atoms with Gasteiger partial charge in [-0.1, -0.05) is 42.5 Å². The number of benzene rings is 1. The molecule has 1 aromatic rings. The molecule has 0 unspecified atom stereocenters. The maximum absolute atomic E-state index is 11.5. The van der Waals surface area contributed by atoms with Crippen LogP contribution in [0.1, 0.15) is 12.0 Å². The van der Waals surface area contributed by atoms with Crippen LogP contribution in [-0.2, 0) is 9.59 Å². The molecule has 0 aliphatic heterocycles. The first-order valence-corrected chi connectivity index (χ1v) is 5.78. The molecule has 0 radical (unpaired) electrons. The molecule has 6 heteroatoms. The second kappa shape index (κ2) is 6.70. The molecule has 0 fully saturated rings. The molecule has 0 aliphatic carbocycles. The molecule has 18 heavy (non-hydrogen) atoms. The highest BCUT2D eigenvalue weighted by molar-refractivity contribution is 7.80. The van der Waals surface area contributed by atoms with Crippen LogP contribution in [0.5, 0.6) is 0 Å². The van der Waals surface area contributed by atoms with Crippen LogP contribution in [0.3, 0.4) is 0 Å². The summed E-state index contributed by atoms with van der Waals surface area (Å²) >= 11 is 5.21. The van der Waals surface area contributed by atoms with Crippen molar-refractivity contribution in [2.24, 2.45) is 0 Å². The molecule has 0 bridgehead atoms. The van der Waals surface area contributed by atoms with Crippen LogP contribution >= 0.6 is 12.2 Å². The van der Waals surface area contributed by atoms with E-state index in [0.717, 1.165) is 5.56 Å². The van der Waals surface area contributed by atoms with Gasteiger partial charge in [0.1, 0.15) is 11.4 Å². The molecule has 2 amide bonds. The van der Waals surface area contributed by atoms with Gasteiger partial charge in [0.15, 0.2) is 0 Å². The topological polar surface area (TPSA) is 61.4 Å². The Morgan fingerprint density at radius 2 is 1.83 bits per heavy atom. The Bertz CT molecular complexity index is 448. The summed E-state index contributed by atoms with van der Waals surface area (Å²) < 4.78 is 0. The van der Waals surface area contributed by atoms with Gasteiger partial charge in [-0.15, -0.1) is 0 Å². The van der Waals surface area contributed by atoms with Gasteiger partial charge < -0.3 is 5.32 Å². The first-order valence-electron chi connectivity index (χ1n) is 5.37. The lowest BCUT2D eigenvalue weighted by Gasteiger charge is -2.20. The van der Waals surface area contributed by atoms with Crippen LogP contribution in [0, 0.1) is 0 Å². The molecule has 0 spiro atoms. The first kappa shape index (κ1) is 14.1. The van der Waals surface area contributed by atoms with E-state index < -0.39 is 5.91 Å². The van der Waals surface area contributed by atoms with Gasteiger partial charge in [0.25, 0.3) is 0 Å². The molecular weight excluding hydrogens is 250 g/mol. The molecular formula is C12H15N3O2S. The second-order valence-electron chi connectivity index (χ2n) is 3.62. The molecule has 2 N–H and O–H groups in total. The Kier molecular flexibility index (Phi) is 5.26. The predicted molar refractivity (Wildman–Crippen MR) is 72.7 cm³/mol. The lowest BCUT2D eigenvalue weighted by molar-refractivity contribution is -0.130. The van der Waals surface area contributed by atoms with Crippen molar-refractivity contribution in [1.82, 2.24) is 15.8 Å². The van der Waals surface area contributed by atoms with Crippen LogP contribution in [0.25, 0.3) is 0 Å². The molecule has 0 aliphatic rings. The summed E-state index contributed by atoms with van der Waals surface area (Å²) in [6.07, 6.45) is -0.224. The number of nitrogens with zero attached hydrogens (tertiary/aromatic N) is 1. The van der Waals surface area contributed by atoms with Gasteiger partial charge in [0, 0.05) is 19.7 Å². The number of thiocarbonyl (C=S) groups is 1. The molecule has 0 saturated heterocycles. The fourth-order valence-electron chi connectivity index (χ4n) is 1.29. The zero-order valence-electron chi connectivity index (χ0n) is 10.3. The van der Waals surface area contributed by atoms with E-state index in [1.807, 2.05) is 30.3 Å². The Labute approximate surface area is 111 Å². The highest BCUT2D eigenvalue weighted by Crippen LogP contribution is 2.03. The fraction of sp³-hybridized carbons (Fsp3) is 0.250. The zero-order chi connectivity index (χ0) is 13.5. The number of rotatable bonds is 3. The van der Waals surface area contributed by atoms with Gasteiger partial charge >= 0.3 is 0 Å². The van der Waals surface area contributed by atoms with Crippen molar-refractivity contribution in [3.63, 3.8) is 0 Å². The van der Waals surface area contributed by atoms with E-state index in [1.54, 1.807) is 7.05 Å². The number of nitrogens with one attached hydrogen (secondary N) is 2. The minimum atomic E-state index is -0.407. The van der Waals surface area contributed by atoms with Crippen molar-refractivity contribution in [2.45, 2.75) is 6.42 Å². The third kappa shape index (κ3) is 4.14. The van der Waals surface area contributed by atoms with Crippen LogP contribution in [-0.4, -0.2) is 35.9 Å². The van der Waals surface area contributed by atoms with Crippen molar-refractivity contribution in [1.29, 1.82) is 0 Å². The van der Waals surface area contributed by atoms with Gasteiger partial charge in [0.05, 0.1) is 0 Å². The summed E-state index contributed by atoms with van der Waals surface area (Å²) in [5.74, 6) is -0.748. The summed E-state index contributed by atoms with van der Waals surface area (Å²) in [5.41, 5.74) is 3.36. The van der Waals surface area contributed by atoms with Crippen LogP contribution in [0.15, 0.2) is 30.3 Å². The van der Waals surface area contributed by atoms with E-state index in [1.165, 1.54) is 12.1 Å². The minimum absolute atomic E-state index is 0.224. The minimum Gasteiger partial charge on any atom is -0.359 e. The van der Waals surface area contributed by atoms with Crippen molar-refractivity contribution >= 4 is 29.0 Å². The molecule has 0 saturated carbocycles. The molecule has 0 atom stereocenters. The van der Waals surface area contributed by atoms with E-state index in [-0.39, 0.29) is 12.3 Å². The maximum atomic E-state index is 11.5. The third-order valence-corrected chi connectivity index (χ3v) is 2.73. The van der Waals surface area contributed by atoms with Crippen LogP contribution in [0.2, 0.25) is 0 Å². The molecule has 0 heterocycles. The molecule has 0 aromatic heterocycles. The summed E-state index contributed by atoms with van der Waals surface area (Å²) in [6.45, 7) is 0. The SMILES string of the molecule is CNC(=O)CC(=O)NN(C)C(=S)c1ccccc1. The number of amides is 2. The second-order valence-corrected chi connectivity index (χ2v) is 4.00. The average Bonchev–Trinajstić information content (AvgIpc) is 2.38. The van der Waals surface area contributed by atoms with E-state index in [9.17, 15) is 9.59 Å². The summed E-state index contributed by atoms with van der Waals surface area (Å²) in [7, 11) is 3.12. The standard InChI is InChI=1S/C12H15N3O2S/c1-13-10(16)8-11(17)14-15(2)12(18)9-6-4-3-5-7-9/h3-7H,8H2,1-2H3,(H,13,16)(H,14,17). The molecule has 5 nitrogen and oxygen atoms in total. The van der Waals surface area contributed by atoms with Gasteiger partial charge in [-0.25, -0.2) is 0 Å². The van der Waals surface area contributed by atoms with Crippen LogP contribution in [0.4, 0.5) is 0 Å². The van der Waals surface area contributed by atoms with E-state index in [4.69, 9.17) is 12.2 Å². The molecule has 1 rings (SSSR count). The Morgan fingerprint density at radius 1 is 1.22 bits per heavy atom. The summed E-state index contributed by atoms with van der Waals surface area (Å²) in [6, 6.07) is 9.31. The first-order chi connectivity index (χ1) is 8.54. The number of carbonyl (C=O) groups excluding carboxylic acids is 2. The van der Waals surface area contributed by atoms with Crippen molar-refractivity contribution < 1.29 is 9.59 Å². The Hall–Kier alpha value is -1.95. The van der Waals surface area contributed by atoms with Crippen molar-refractivity contribution in [3.8, 4) is 0 Å². The fourth-order valence-corrected chi connectivity index (χ4v) is 1.47.